The minimum atomic E-state index is -0.694. The van der Waals surface area contributed by atoms with Crippen molar-refractivity contribution in [3.8, 4) is 5.75 Å². The number of benzene rings is 2. The predicted molar refractivity (Wildman–Crippen MR) is 134 cm³/mol. The fourth-order valence-corrected chi connectivity index (χ4v) is 4.44. The number of carbonyl (C=O) groups is 4. The number of imide groups is 1. The van der Waals surface area contributed by atoms with Crippen LogP contribution in [0.5, 0.6) is 5.75 Å². The molecule has 10 nitrogen and oxygen atoms in total. The Kier molecular flexibility index (Phi) is 7.11. The summed E-state index contributed by atoms with van der Waals surface area (Å²) in [4.78, 5) is 50.3. The van der Waals surface area contributed by atoms with Gasteiger partial charge in [0.05, 0.1) is 11.4 Å². The highest BCUT2D eigenvalue weighted by atomic mass is 16.6. The molecule has 0 bridgehead atoms. The molecule has 0 aliphatic carbocycles. The van der Waals surface area contributed by atoms with Gasteiger partial charge in [-0.25, -0.2) is 4.79 Å². The van der Waals surface area contributed by atoms with Gasteiger partial charge in [-0.1, -0.05) is 6.07 Å². The molecule has 0 spiro atoms. The van der Waals surface area contributed by atoms with Gasteiger partial charge in [0.15, 0.2) is 6.61 Å². The van der Waals surface area contributed by atoms with Crippen LogP contribution in [0.4, 0.5) is 11.4 Å². The van der Waals surface area contributed by atoms with Crippen molar-refractivity contribution in [2.75, 3.05) is 6.61 Å². The predicted octanol–water partition coefficient (Wildman–Crippen LogP) is 4.20. The van der Waals surface area contributed by atoms with Crippen molar-refractivity contribution in [3.05, 3.63) is 52.6 Å². The van der Waals surface area contributed by atoms with E-state index in [1.54, 1.807) is 51.1 Å². The molecule has 2 aromatic carbocycles. The standard InChI is InChI=1S/C27H30N4O6/c1-15-11-17(36-14-23(33)37-27(3,4)5)12-16(2)24(15)30-29-20-8-6-7-18-19(20)13-31(26(18)35)21-9-10-22(32)28-25(21)34/h6-8,11-12,21H,9-10,13-14H2,1-5H3,(H,28,32,34)/b30-29+. The SMILES string of the molecule is Cc1cc(OCC(=O)OC(C)(C)C)cc(C)c1/N=N/c1cccc2c1CN(C1CCC(=O)NC1=O)C2=O. The van der Waals surface area contributed by atoms with E-state index in [9.17, 15) is 19.2 Å². The lowest BCUT2D eigenvalue weighted by Crippen LogP contribution is -2.52. The first-order valence-electron chi connectivity index (χ1n) is 12.1. The Morgan fingerprint density at radius 2 is 1.81 bits per heavy atom. The molecule has 0 aromatic heterocycles. The van der Waals surface area contributed by atoms with Crippen LogP contribution in [0.3, 0.4) is 0 Å². The van der Waals surface area contributed by atoms with E-state index in [1.165, 1.54) is 4.90 Å². The van der Waals surface area contributed by atoms with Crippen LogP contribution in [0.1, 0.15) is 60.7 Å². The quantitative estimate of drug-likeness (QED) is 0.355. The van der Waals surface area contributed by atoms with Gasteiger partial charge in [-0.15, -0.1) is 5.11 Å². The highest BCUT2D eigenvalue weighted by Crippen LogP contribution is 2.36. The monoisotopic (exact) mass is 506 g/mol. The van der Waals surface area contributed by atoms with Gasteiger partial charge < -0.3 is 14.4 Å². The van der Waals surface area contributed by atoms with Crippen LogP contribution in [0.25, 0.3) is 0 Å². The van der Waals surface area contributed by atoms with Crippen molar-refractivity contribution in [1.82, 2.24) is 10.2 Å². The van der Waals surface area contributed by atoms with Gasteiger partial charge in [0.2, 0.25) is 11.8 Å². The number of esters is 1. The maximum absolute atomic E-state index is 13.0. The highest BCUT2D eigenvalue weighted by Gasteiger charge is 2.39. The summed E-state index contributed by atoms with van der Waals surface area (Å²) in [6.07, 6.45) is 0.487. The van der Waals surface area contributed by atoms with Crippen molar-refractivity contribution in [2.45, 2.75) is 65.6 Å². The Bertz CT molecular complexity index is 1290. The van der Waals surface area contributed by atoms with E-state index in [0.717, 1.165) is 11.1 Å². The Morgan fingerprint density at radius 3 is 2.46 bits per heavy atom. The van der Waals surface area contributed by atoms with E-state index < -0.39 is 23.5 Å². The lowest BCUT2D eigenvalue weighted by atomic mass is 10.0. The summed E-state index contributed by atoms with van der Waals surface area (Å²) in [5, 5.41) is 11.2. The summed E-state index contributed by atoms with van der Waals surface area (Å²) in [5.41, 5.74) is 3.36. The smallest absolute Gasteiger partial charge is 0.344 e. The summed E-state index contributed by atoms with van der Waals surface area (Å²) in [6, 6.07) is 8.06. The molecular weight excluding hydrogens is 476 g/mol. The van der Waals surface area contributed by atoms with Crippen LogP contribution >= 0.6 is 0 Å². The molecule has 37 heavy (non-hydrogen) atoms. The zero-order valence-corrected chi connectivity index (χ0v) is 21.6. The Hall–Kier alpha value is -4.08. The van der Waals surface area contributed by atoms with Crippen molar-refractivity contribution < 1.29 is 28.7 Å². The van der Waals surface area contributed by atoms with Crippen molar-refractivity contribution in [2.24, 2.45) is 10.2 Å². The topological polar surface area (TPSA) is 127 Å². The number of rotatable bonds is 6. The van der Waals surface area contributed by atoms with Crippen LogP contribution in [0.2, 0.25) is 0 Å². The molecule has 0 radical (unpaired) electrons. The molecule has 2 aliphatic heterocycles. The number of carbonyl (C=O) groups excluding carboxylic acids is 4. The van der Waals surface area contributed by atoms with Crippen LogP contribution in [0, 0.1) is 13.8 Å². The zero-order valence-electron chi connectivity index (χ0n) is 21.6. The molecular formula is C27H30N4O6. The number of hydrogen-bond acceptors (Lipinski definition) is 8. The Labute approximate surface area is 215 Å². The number of nitrogens with zero attached hydrogens (tertiary/aromatic N) is 3. The number of amides is 3. The second-order valence-electron chi connectivity index (χ2n) is 10.2. The van der Waals surface area contributed by atoms with Crippen molar-refractivity contribution in [3.63, 3.8) is 0 Å². The molecule has 1 saturated heterocycles. The third-order valence-electron chi connectivity index (χ3n) is 6.06. The number of hydrogen-bond donors (Lipinski definition) is 1. The van der Waals surface area contributed by atoms with Gasteiger partial charge in [-0.3, -0.25) is 19.7 Å². The van der Waals surface area contributed by atoms with E-state index in [1.807, 2.05) is 13.8 Å². The molecule has 4 rings (SSSR count). The first-order chi connectivity index (χ1) is 17.4. The summed E-state index contributed by atoms with van der Waals surface area (Å²) in [6.45, 7) is 9.13. The van der Waals surface area contributed by atoms with Crippen LogP contribution in [-0.4, -0.2) is 46.8 Å². The van der Waals surface area contributed by atoms with Gasteiger partial charge in [0.1, 0.15) is 17.4 Å². The van der Waals surface area contributed by atoms with E-state index in [4.69, 9.17) is 9.47 Å². The first-order valence-corrected chi connectivity index (χ1v) is 12.1. The zero-order chi connectivity index (χ0) is 26.9. The minimum absolute atomic E-state index is 0.194. The Balaban J connectivity index is 1.50. The molecule has 1 fully saturated rings. The lowest BCUT2D eigenvalue weighted by molar-refractivity contribution is -0.157. The van der Waals surface area contributed by atoms with Crippen molar-refractivity contribution in [1.29, 1.82) is 0 Å². The van der Waals surface area contributed by atoms with E-state index in [-0.39, 0.29) is 31.4 Å². The molecule has 1 N–H and O–H groups in total. The first kappa shape index (κ1) is 26.0. The van der Waals surface area contributed by atoms with Crippen molar-refractivity contribution >= 4 is 35.1 Å². The molecule has 1 atom stereocenters. The summed E-state index contributed by atoms with van der Waals surface area (Å²) >= 11 is 0. The maximum Gasteiger partial charge on any atom is 0.344 e. The fraction of sp³-hybridized carbons (Fsp3) is 0.407. The molecule has 2 aromatic rings. The number of azo groups is 1. The number of fused-ring (bicyclic) bond motifs is 1. The molecule has 10 heteroatoms. The highest BCUT2D eigenvalue weighted by molar-refractivity contribution is 6.06. The molecule has 2 aliphatic rings. The summed E-state index contributed by atoms with van der Waals surface area (Å²) < 4.78 is 10.9. The van der Waals surface area contributed by atoms with E-state index in [0.29, 0.717) is 34.7 Å². The largest absolute Gasteiger partial charge is 0.482 e. The normalized spacial score (nSPS) is 17.7. The molecule has 0 saturated carbocycles. The van der Waals surface area contributed by atoms with Gasteiger partial charge in [-0.2, -0.15) is 5.11 Å². The van der Waals surface area contributed by atoms with E-state index in [2.05, 4.69) is 15.5 Å². The molecule has 1 unspecified atom stereocenters. The third kappa shape index (κ3) is 5.84. The van der Waals surface area contributed by atoms with Gasteiger partial charge in [0, 0.05) is 24.1 Å². The number of nitrogens with one attached hydrogen (secondary N) is 1. The fourth-order valence-electron chi connectivity index (χ4n) is 4.44. The third-order valence-corrected chi connectivity index (χ3v) is 6.06. The average Bonchev–Trinajstić information content (AvgIpc) is 3.13. The van der Waals surface area contributed by atoms with Gasteiger partial charge >= 0.3 is 5.97 Å². The lowest BCUT2D eigenvalue weighted by Gasteiger charge is -2.29. The van der Waals surface area contributed by atoms with Crippen LogP contribution in [-0.2, 0) is 25.7 Å². The van der Waals surface area contributed by atoms with Gasteiger partial charge in [0.25, 0.3) is 5.91 Å². The summed E-state index contributed by atoms with van der Waals surface area (Å²) in [5.74, 6) is -0.982. The second kappa shape index (κ2) is 10.1. The second-order valence-corrected chi connectivity index (χ2v) is 10.2. The molecule has 2 heterocycles. The van der Waals surface area contributed by atoms with Gasteiger partial charge in [-0.05, 0) is 76.4 Å². The molecule has 194 valence electrons. The average molecular weight is 507 g/mol. The summed E-state index contributed by atoms with van der Waals surface area (Å²) in [7, 11) is 0. The number of ether oxygens (including phenoxy) is 2. The molecule has 3 amide bonds. The van der Waals surface area contributed by atoms with Crippen LogP contribution < -0.4 is 10.1 Å². The van der Waals surface area contributed by atoms with Crippen LogP contribution in [0.15, 0.2) is 40.6 Å². The number of aryl methyl sites for hydroxylation is 2. The Morgan fingerprint density at radius 1 is 1.11 bits per heavy atom. The number of piperidine rings is 1. The minimum Gasteiger partial charge on any atom is -0.482 e. The maximum atomic E-state index is 13.0. The van der Waals surface area contributed by atoms with E-state index >= 15 is 0 Å².